The van der Waals surface area contributed by atoms with Crippen LogP contribution in [-0.4, -0.2) is 40.2 Å². The molecule has 1 N–H and O–H groups in total. The van der Waals surface area contributed by atoms with Crippen LogP contribution in [0.15, 0.2) is 23.2 Å². The Balaban J connectivity index is 2.04. The van der Waals surface area contributed by atoms with E-state index in [1.54, 1.807) is 23.1 Å². The van der Waals surface area contributed by atoms with Crippen molar-refractivity contribution in [3.05, 3.63) is 28.2 Å². The molecule has 1 unspecified atom stereocenters. The molecule has 0 aromatic heterocycles. The fourth-order valence-corrected chi connectivity index (χ4v) is 4.13. The Morgan fingerprint density at radius 1 is 1.26 bits per heavy atom. The first-order valence-corrected chi connectivity index (χ1v) is 10.9. The minimum absolute atomic E-state index is 0.0453. The van der Waals surface area contributed by atoms with Gasteiger partial charge in [-0.1, -0.05) is 67.7 Å². The van der Waals surface area contributed by atoms with E-state index in [2.05, 4.69) is 24.2 Å². The molecule has 1 atom stereocenters. The van der Waals surface area contributed by atoms with Crippen molar-refractivity contribution in [3.8, 4) is 0 Å². The Hall–Kier alpha value is -1.24. The van der Waals surface area contributed by atoms with Crippen molar-refractivity contribution in [1.29, 1.82) is 0 Å². The van der Waals surface area contributed by atoms with Crippen LogP contribution < -0.4 is 5.32 Å². The summed E-state index contributed by atoms with van der Waals surface area (Å²) in [5.41, 5.74) is 0.448. The lowest BCUT2D eigenvalue weighted by molar-refractivity contribution is -0.128. The van der Waals surface area contributed by atoms with Gasteiger partial charge in [0.05, 0.1) is 15.7 Å². The normalized spacial score (nSPS) is 18.4. The Bertz CT molecular complexity index is 712. The van der Waals surface area contributed by atoms with Crippen LogP contribution >= 0.6 is 35.0 Å². The molecule has 1 saturated heterocycles. The van der Waals surface area contributed by atoms with Gasteiger partial charge in [-0.05, 0) is 25.0 Å². The van der Waals surface area contributed by atoms with Gasteiger partial charge in [0.2, 0.25) is 11.8 Å². The zero-order valence-corrected chi connectivity index (χ0v) is 18.0. The minimum Gasteiger partial charge on any atom is -0.325 e. The summed E-state index contributed by atoms with van der Waals surface area (Å²) in [7, 11) is 0. The molecule has 1 fully saturated rings. The number of amides is 2. The Morgan fingerprint density at radius 3 is 2.70 bits per heavy atom. The molecule has 8 heteroatoms. The van der Waals surface area contributed by atoms with Crippen LogP contribution in [0.1, 0.15) is 46.0 Å². The first-order valence-electron chi connectivity index (χ1n) is 9.24. The zero-order valence-electron chi connectivity index (χ0n) is 15.6. The third-order valence-corrected chi connectivity index (χ3v) is 6.14. The van der Waals surface area contributed by atoms with Gasteiger partial charge in [0.1, 0.15) is 5.25 Å². The summed E-state index contributed by atoms with van der Waals surface area (Å²) in [6.45, 7) is 5.54. The van der Waals surface area contributed by atoms with Crippen molar-refractivity contribution in [3.63, 3.8) is 0 Å². The average Bonchev–Trinajstić information content (AvgIpc) is 2.92. The van der Waals surface area contributed by atoms with Gasteiger partial charge in [0, 0.05) is 19.5 Å². The maximum atomic E-state index is 12.8. The van der Waals surface area contributed by atoms with Crippen LogP contribution in [0.3, 0.4) is 0 Å². The minimum atomic E-state index is -0.458. The lowest BCUT2D eigenvalue weighted by Gasteiger charge is -2.16. The topological polar surface area (TPSA) is 61.8 Å². The number of unbranched alkanes of at least 4 members (excludes halogenated alkanes) is 2. The summed E-state index contributed by atoms with van der Waals surface area (Å²) in [4.78, 5) is 31.5. The first-order chi connectivity index (χ1) is 13.0. The summed E-state index contributed by atoms with van der Waals surface area (Å²) in [5.74, 6) is -0.314. The molecule has 0 spiro atoms. The first kappa shape index (κ1) is 22.1. The standard InChI is InChI=1S/C19H25Cl2N3O2S/c1-3-5-10-22-19-24(11-6-4-2)18(26)15(27-19)12-16(25)23-14-9-7-8-13(20)17(14)21/h7-9,15H,3-6,10-12H2,1-2H3,(H,23,25). The van der Waals surface area contributed by atoms with E-state index in [1.807, 2.05) is 0 Å². The molecular formula is C19H25Cl2N3O2S. The maximum absolute atomic E-state index is 12.8. The van der Waals surface area contributed by atoms with Crippen molar-refractivity contribution in [1.82, 2.24) is 4.90 Å². The van der Waals surface area contributed by atoms with Crippen molar-refractivity contribution in [2.24, 2.45) is 4.99 Å². The van der Waals surface area contributed by atoms with Crippen LogP contribution in [0.5, 0.6) is 0 Å². The van der Waals surface area contributed by atoms with Crippen LogP contribution in [0.4, 0.5) is 5.69 Å². The van der Waals surface area contributed by atoms with E-state index >= 15 is 0 Å². The summed E-state index contributed by atoms with van der Waals surface area (Å²) in [6, 6.07) is 5.05. The molecule has 0 bridgehead atoms. The molecule has 5 nitrogen and oxygen atoms in total. The van der Waals surface area contributed by atoms with Crippen molar-refractivity contribution in [2.45, 2.75) is 51.2 Å². The second kappa shape index (κ2) is 10.9. The van der Waals surface area contributed by atoms with E-state index in [-0.39, 0.29) is 18.2 Å². The van der Waals surface area contributed by atoms with Gasteiger partial charge in [-0.2, -0.15) is 0 Å². The van der Waals surface area contributed by atoms with E-state index in [9.17, 15) is 9.59 Å². The fourth-order valence-electron chi connectivity index (χ4n) is 2.59. The summed E-state index contributed by atoms with van der Waals surface area (Å²) in [6.07, 6.45) is 4.02. The number of rotatable bonds is 9. The number of nitrogens with one attached hydrogen (secondary N) is 1. The van der Waals surface area contributed by atoms with Gasteiger partial charge in [-0.3, -0.25) is 19.5 Å². The highest BCUT2D eigenvalue weighted by Gasteiger charge is 2.38. The monoisotopic (exact) mass is 429 g/mol. The molecule has 2 rings (SSSR count). The lowest BCUT2D eigenvalue weighted by Crippen LogP contribution is -2.34. The lowest BCUT2D eigenvalue weighted by atomic mass is 10.2. The number of nitrogens with zero attached hydrogens (tertiary/aromatic N) is 2. The van der Waals surface area contributed by atoms with Crippen LogP contribution in [0, 0.1) is 0 Å². The Kier molecular flexibility index (Phi) is 8.93. The number of thioether (sulfide) groups is 1. The maximum Gasteiger partial charge on any atom is 0.242 e. The molecule has 1 aliphatic heterocycles. The summed E-state index contributed by atoms with van der Waals surface area (Å²) < 4.78 is 0. The number of amidine groups is 1. The predicted octanol–water partition coefficient (Wildman–Crippen LogP) is 5.22. The highest BCUT2D eigenvalue weighted by molar-refractivity contribution is 8.15. The number of anilines is 1. The Morgan fingerprint density at radius 2 is 2.00 bits per heavy atom. The van der Waals surface area contributed by atoms with E-state index in [0.717, 1.165) is 30.9 Å². The molecule has 27 heavy (non-hydrogen) atoms. The number of aliphatic imine (C=N–C) groups is 1. The molecule has 1 aromatic rings. The van der Waals surface area contributed by atoms with Crippen molar-refractivity contribution < 1.29 is 9.59 Å². The number of benzene rings is 1. The Labute approximate surface area is 174 Å². The van der Waals surface area contributed by atoms with E-state index in [0.29, 0.717) is 28.8 Å². The van der Waals surface area contributed by atoms with Gasteiger partial charge in [0.15, 0.2) is 5.17 Å². The molecular weight excluding hydrogens is 405 g/mol. The third-order valence-electron chi connectivity index (χ3n) is 4.11. The van der Waals surface area contributed by atoms with Crippen molar-refractivity contribution >= 4 is 57.6 Å². The second-order valence-electron chi connectivity index (χ2n) is 6.32. The molecule has 2 amide bonds. The molecule has 148 valence electrons. The number of carbonyl (C=O) groups excluding carboxylic acids is 2. The van der Waals surface area contributed by atoms with Gasteiger partial charge in [-0.25, -0.2) is 0 Å². The summed E-state index contributed by atoms with van der Waals surface area (Å²) >= 11 is 13.5. The van der Waals surface area contributed by atoms with Gasteiger partial charge < -0.3 is 5.32 Å². The molecule has 0 saturated carbocycles. The van der Waals surface area contributed by atoms with Crippen LogP contribution in [0.25, 0.3) is 0 Å². The molecule has 1 aromatic carbocycles. The predicted molar refractivity (Wildman–Crippen MR) is 115 cm³/mol. The average molecular weight is 430 g/mol. The van der Waals surface area contributed by atoms with Crippen LogP contribution in [-0.2, 0) is 9.59 Å². The SMILES string of the molecule is CCCCN=C1SC(CC(=O)Nc2cccc(Cl)c2Cl)C(=O)N1CCCC. The van der Waals surface area contributed by atoms with E-state index in [4.69, 9.17) is 23.2 Å². The van der Waals surface area contributed by atoms with Gasteiger partial charge >= 0.3 is 0 Å². The fraction of sp³-hybridized carbons (Fsp3) is 0.526. The third kappa shape index (κ3) is 6.13. The molecule has 1 heterocycles. The highest BCUT2D eigenvalue weighted by Crippen LogP contribution is 2.32. The smallest absolute Gasteiger partial charge is 0.242 e. The summed E-state index contributed by atoms with van der Waals surface area (Å²) in [5, 5.41) is 3.69. The molecule has 1 aliphatic rings. The zero-order chi connectivity index (χ0) is 19.8. The van der Waals surface area contributed by atoms with Gasteiger partial charge in [-0.15, -0.1) is 0 Å². The van der Waals surface area contributed by atoms with E-state index in [1.165, 1.54) is 11.8 Å². The number of hydrogen-bond donors (Lipinski definition) is 1. The largest absolute Gasteiger partial charge is 0.325 e. The molecule has 0 radical (unpaired) electrons. The quantitative estimate of drug-likeness (QED) is 0.547. The molecule has 0 aliphatic carbocycles. The number of carbonyl (C=O) groups is 2. The van der Waals surface area contributed by atoms with E-state index < -0.39 is 5.25 Å². The van der Waals surface area contributed by atoms with Gasteiger partial charge in [0.25, 0.3) is 0 Å². The van der Waals surface area contributed by atoms with Crippen LogP contribution in [0.2, 0.25) is 10.0 Å². The second-order valence-corrected chi connectivity index (χ2v) is 8.28. The highest BCUT2D eigenvalue weighted by atomic mass is 35.5. The number of hydrogen-bond acceptors (Lipinski definition) is 4. The number of halogens is 2. The van der Waals surface area contributed by atoms with Crippen molar-refractivity contribution in [2.75, 3.05) is 18.4 Å².